The van der Waals surface area contributed by atoms with Gasteiger partial charge in [0, 0.05) is 16.9 Å². The van der Waals surface area contributed by atoms with Crippen LogP contribution in [-0.4, -0.2) is 35.1 Å². The summed E-state index contributed by atoms with van der Waals surface area (Å²) in [5, 5.41) is 13.3. The van der Waals surface area contributed by atoms with Gasteiger partial charge in [-0.25, -0.2) is 0 Å². The first-order valence-corrected chi connectivity index (χ1v) is 8.79. The maximum Gasteiger partial charge on any atom is 0.308 e. The standard InChI is InChI=1S/C19H24N2O4/c1-25-13-8-9-15-12(10-13)11-17(20-15)18(22)21-16-7-5-3-2-4-6-14(16)19(23)24/h8-11,14,16,20H,2-7H2,1H3,(H,21,22)(H,23,24). The van der Waals surface area contributed by atoms with E-state index in [1.807, 2.05) is 18.2 Å². The zero-order chi connectivity index (χ0) is 17.8. The van der Waals surface area contributed by atoms with Crippen LogP contribution in [0.5, 0.6) is 5.75 Å². The van der Waals surface area contributed by atoms with Crippen LogP contribution in [0.3, 0.4) is 0 Å². The van der Waals surface area contributed by atoms with Crippen LogP contribution in [0.2, 0.25) is 0 Å². The molecular formula is C19H24N2O4. The molecule has 1 heterocycles. The molecule has 1 aliphatic rings. The topological polar surface area (TPSA) is 91.4 Å². The number of hydrogen-bond acceptors (Lipinski definition) is 3. The highest BCUT2D eigenvalue weighted by molar-refractivity contribution is 5.98. The Hall–Kier alpha value is -2.50. The molecule has 6 heteroatoms. The van der Waals surface area contributed by atoms with Crippen LogP contribution in [0.1, 0.15) is 49.0 Å². The Kier molecular flexibility index (Phi) is 5.26. The third-order valence-electron chi connectivity index (χ3n) is 4.97. The highest BCUT2D eigenvalue weighted by Crippen LogP contribution is 2.25. The first-order chi connectivity index (χ1) is 12.1. The molecule has 134 valence electrons. The lowest BCUT2D eigenvalue weighted by atomic mass is 9.86. The van der Waals surface area contributed by atoms with E-state index in [9.17, 15) is 14.7 Å². The molecule has 1 aromatic carbocycles. The molecule has 3 N–H and O–H groups in total. The minimum atomic E-state index is -0.825. The molecule has 1 aromatic heterocycles. The molecule has 1 amide bonds. The van der Waals surface area contributed by atoms with Crippen molar-refractivity contribution in [2.45, 2.75) is 44.6 Å². The Morgan fingerprint density at radius 3 is 2.64 bits per heavy atom. The van der Waals surface area contributed by atoms with Gasteiger partial charge < -0.3 is 20.1 Å². The summed E-state index contributed by atoms with van der Waals surface area (Å²) < 4.78 is 5.20. The third kappa shape index (κ3) is 3.95. The molecule has 3 rings (SSSR count). The van der Waals surface area contributed by atoms with E-state index < -0.39 is 11.9 Å². The van der Waals surface area contributed by atoms with Crippen LogP contribution in [0.15, 0.2) is 24.3 Å². The Bertz CT molecular complexity index is 768. The predicted octanol–water partition coefficient (Wildman–Crippen LogP) is 3.33. The zero-order valence-corrected chi connectivity index (χ0v) is 14.4. The highest BCUT2D eigenvalue weighted by atomic mass is 16.5. The molecule has 0 bridgehead atoms. The SMILES string of the molecule is COc1ccc2[nH]c(C(=O)NC3CCCCCCC3C(=O)O)cc2c1. The van der Waals surface area contributed by atoms with Crippen molar-refractivity contribution >= 4 is 22.8 Å². The average Bonchev–Trinajstić information content (AvgIpc) is 3.00. The van der Waals surface area contributed by atoms with Gasteiger partial charge in [-0.05, 0) is 37.1 Å². The first kappa shape index (κ1) is 17.3. The van der Waals surface area contributed by atoms with Crippen LogP contribution >= 0.6 is 0 Å². The Balaban J connectivity index is 1.78. The second-order valence-corrected chi connectivity index (χ2v) is 6.65. The van der Waals surface area contributed by atoms with Gasteiger partial charge in [0.25, 0.3) is 5.91 Å². The van der Waals surface area contributed by atoms with Crippen molar-refractivity contribution in [2.24, 2.45) is 5.92 Å². The van der Waals surface area contributed by atoms with Gasteiger partial charge in [0.15, 0.2) is 0 Å². The van der Waals surface area contributed by atoms with E-state index in [1.54, 1.807) is 13.2 Å². The summed E-state index contributed by atoms with van der Waals surface area (Å²) in [5.41, 5.74) is 1.29. The number of aromatic amines is 1. The number of aliphatic carboxylic acids is 1. The molecule has 0 saturated heterocycles. The van der Waals surface area contributed by atoms with E-state index in [4.69, 9.17) is 4.74 Å². The number of carbonyl (C=O) groups excluding carboxylic acids is 1. The van der Waals surface area contributed by atoms with Gasteiger partial charge in [-0.15, -0.1) is 0 Å². The predicted molar refractivity (Wildman–Crippen MR) is 94.9 cm³/mol. The lowest BCUT2D eigenvalue weighted by Crippen LogP contribution is -2.44. The monoisotopic (exact) mass is 344 g/mol. The summed E-state index contributed by atoms with van der Waals surface area (Å²) >= 11 is 0. The molecular weight excluding hydrogens is 320 g/mol. The number of aromatic nitrogens is 1. The molecule has 1 saturated carbocycles. The molecule has 1 aliphatic carbocycles. The number of hydrogen-bond donors (Lipinski definition) is 3. The Morgan fingerprint density at radius 2 is 1.92 bits per heavy atom. The molecule has 2 atom stereocenters. The first-order valence-electron chi connectivity index (χ1n) is 8.79. The quantitative estimate of drug-likeness (QED) is 0.793. The molecule has 2 aromatic rings. The fourth-order valence-corrected chi connectivity index (χ4v) is 3.56. The lowest BCUT2D eigenvalue weighted by Gasteiger charge is -2.27. The molecule has 2 unspecified atom stereocenters. The van der Waals surface area contributed by atoms with Crippen molar-refractivity contribution in [2.75, 3.05) is 7.11 Å². The van der Waals surface area contributed by atoms with Crippen molar-refractivity contribution in [3.05, 3.63) is 30.0 Å². The third-order valence-corrected chi connectivity index (χ3v) is 4.97. The van der Waals surface area contributed by atoms with Crippen molar-refractivity contribution in [1.29, 1.82) is 0 Å². The van der Waals surface area contributed by atoms with Gasteiger partial charge in [0.05, 0.1) is 13.0 Å². The summed E-state index contributed by atoms with van der Waals surface area (Å²) in [5.74, 6) is -0.876. The minimum Gasteiger partial charge on any atom is -0.497 e. The molecule has 25 heavy (non-hydrogen) atoms. The summed E-state index contributed by atoms with van der Waals surface area (Å²) in [6, 6.07) is 6.99. The van der Waals surface area contributed by atoms with E-state index in [0.29, 0.717) is 18.5 Å². The number of carbonyl (C=O) groups is 2. The number of ether oxygens (including phenoxy) is 1. The summed E-state index contributed by atoms with van der Waals surface area (Å²) in [4.78, 5) is 27.3. The van der Waals surface area contributed by atoms with E-state index in [2.05, 4.69) is 10.3 Å². The highest BCUT2D eigenvalue weighted by Gasteiger charge is 2.30. The summed E-state index contributed by atoms with van der Waals surface area (Å²) in [6.45, 7) is 0. The second kappa shape index (κ2) is 7.59. The van der Waals surface area contributed by atoms with E-state index >= 15 is 0 Å². The van der Waals surface area contributed by atoms with Crippen molar-refractivity contribution < 1.29 is 19.4 Å². The van der Waals surface area contributed by atoms with Crippen LogP contribution in [-0.2, 0) is 4.79 Å². The molecule has 0 radical (unpaired) electrons. The fraction of sp³-hybridized carbons (Fsp3) is 0.474. The van der Waals surface area contributed by atoms with Gasteiger partial charge in [-0.2, -0.15) is 0 Å². The van der Waals surface area contributed by atoms with Gasteiger partial charge in [0.1, 0.15) is 11.4 Å². The number of H-pyrrole nitrogens is 1. The van der Waals surface area contributed by atoms with Crippen LogP contribution in [0.25, 0.3) is 10.9 Å². The number of benzene rings is 1. The van der Waals surface area contributed by atoms with Gasteiger partial charge in [-0.3, -0.25) is 9.59 Å². The Labute approximate surface area is 146 Å². The fourth-order valence-electron chi connectivity index (χ4n) is 3.56. The molecule has 0 aliphatic heterocycles. The normalized spacial score (nSPS) is 21.3. The van der Waals surface area contributed by atoms with Crippen molar-refractivity contribution in [1.82, 2.24) is 10.3 Å². The number of nitrogens with one attached hydrogen (secondary N) is 2. The van der Waals surface area contributed by atoms with E-state index in [0.717, 1.165) is 42.3 Å². The number of fused-ring (bicyclic) bond motifs is 1. The average molecular weight is 344 g/mol. The second-order valence-electron chi connectivity index (χ2n) is 6.65. The molecule has 0 spiro atoms. The van der Waals surface area contributed by atoms with Crippen LogP contribution < -0.4 is 10.1 Å². The van der Waals surface area contributed by atoms with Gasteiger partial charge in [0.2, 0.25) is 0 Å². The van der Waals surface area contributed by atoms with Gasteiger partial charge in [-0.1, -0.05) is 25.7 Å². The number of carboxylic acid groups (broad SMARTS) is 1. The number of rotatable bonds is 4. The maximum absolute atomic E-state index is 12.6. The van der Waals surface area contributed by atoms with Crippen molar-refractivity contribution in [3.8, 4) is 5.75 Å². The maximum atomic E-state index is 12.6. The smallest absolute Gasteiger partial charge is 0.308 e. The number of methoxy groups -OCH3 is 1. The lowest BCUT2D eigenvalue weighted by molar-refractivity contribution is -0.143. The number of carboxylic acids is 1. The van der Waals surface area contributed by atoms with Crippen LogP contribution in [0, 0.1) is 5.92 Å². The molecule has 1 fully saturated rings. The zero-order valence-electron chi connectivity index (χ0n) is 14.4. The van der Waals surface area contributed by atoms with E-state index in [1.165, 1.54) is 0 Å². The largest absolute Gasteiger partial charge is 0.497 e. The molecule has 6 nitrogen and oxygen atoms in total. The summed E-state index contributed by atoms with van der Waals surface area (Å²) in [7, 11) is 1.60. The van der Waals surface area contributed by atoms with E-state index in [-0.39, 0.29) is 11.9 Å². The minimum absolute atomic E-state index is 0.257. The summed E-state index contributed by atoms with van der Waals surface area (Å²) in [6.07, 6.45) is 5.31. The van der Waals surface area contributed by atoms with Gasteiger partial charge >= 0.3 is 5.97 Å². The van der Waals surface area contributed by atoms with Crippen molar-refractivity contribution in [3.63, 3.8) is 0 Å². The number of amides is 1. The Morgan fingerprint density at radius 1 is 1.16 bits per heavy atom. The van der Waals surface area contributed by atoms with Crippen LogP contribution in [0.4, 0.5) is 0 Å².